The molecule has 0 saturated carbocycles. The van der Waals surface area contributed by atoms with Crippen LogP contribution in [-0.2, 0) is 4.74 Å². The molecule has 1 heterocycles. The Kier molecular flexibility index (Phi) is 1.05. The first-order chi connectivity index (χ1) is 3.17. The van der Waals surface area contributed by atoms with Gasteiger partial charge in [0, 0.05) is 0 Å². The maximum atomic E-state index is 5.46. The summed E-state index contributed by atoms with van der Waals surface area (Å²) in [5.74, 6) is 0.632. The van der Waals surface area contributed by atoms with Crippen LogP contribution < -0.4 is 0 Å². The third-order valence-electron chi connectivity index (χ3n) is 1.30. The van der Waals surface area contributed by atoms with Gasteiger partial charge in [0.05, 0.1) is 11.5 Å². The van der Waals surface area contributed by atoms with Crippen LogP contribution in [0.1, 0.15) is 13.8 Å². The van der Waals surface area contributed by atoms with Gasteiger partial charge in [0.2, 0.25) is 0 Å². The summed E-state index contributed by atoms with van der Waals surface area (Å²) in [6, 6.07) is 0. The number of ether oxygens (including phenoxy) is 1. The Morgan fingerprint density at radius 3 is 2.14 bits per heavy atom. The van der Waals surface area contributed by atoms with Crippen molar-refractivity contribution < 1.29 is 4.74 Å². The summed E-state index contributed by atoms with van der Waals surface area (Å²) in [5.41, 5.74) is 0.0851. The standard InChI is InChI=1S/C5H9ClO/c1-5(2)4(3-6)7-5/h4H,3H2,1-2H3/t4-/m1/s1. The van der Waals surface area contributed by atoms with Crippen molar-refractivity contribution in [2.75, 3.05) is 5.88 Å². The number of epoxide rings is 1. The lowest BCUT2D eigenvalue weighted by atomic mass is 10.2. The van der Waals surface area contributed by atoms with Gasteiger partial charge < -0.3 is 4.74 Å². The van der Waals surface area contributed by atoms with Gasteiger partial charge in [-0.3, -0.25) is 0 Å². The van der Waals surface area contributed by atoms with Gasteiger partial charge in [-0.25, -0.2) is 0 Å². The molecule has 0 aromatic heterocycles. The lowest BCUT2D eigenvalue weighted by Crippen LogP contribution is -2.02. The minimum atomic E-state index is 0.0851. The van der Waals surface area contributed by atoms with Crippen LogP contribution in [0.2, 0.25) is 0 Å². The molecule has 42 valence electrons. The van der Waals surface area contributed by atoms with Crippen LogP contribution >= 0.6 is 11.6 Å². The van der Waals surface area contributed by atoms with Gasteiger partial charge in [0.1, 0.15) is 6.10 Å². The van der Waals surface area contributed by atoms with E-state index in [-0.39, 0.29) is 5.60 Å². The van der Waals surface area contributed by atoms with E-state index >= 15 is 0 Å². The lowest BCUT2D eigenvalue weighted by Gasteiger charge is -1.87. The van der Waals surface area contributed by atoms with Crippen molar-refractivity contribution in [1.29, 1.82) is 0 Å². The van der Waals surface area contributed by atoms with Gasteiger partial charge in [0.25, 0.3) is 0 Å². The highest BCUT2D eigenvalue weighted by atomic mass is 35.5. The van der Waals surface area contributed by atoms with Gasteiger partial charge in [-0.05, 0) is 13.8 Å². The van der Waals surface area contributed by atoms with Gasteiger partial charge in [-0.2, -0.15) is 0 Å². The lowest BCUT2D eigenvalue weighted by molar-refractivity contribution is 0.329. The van der Waals surface area contributed by atoms with E-state index in [2.05, 4.69) is 0 Å². The molecule has 1 fully saturated rings. The zero-order valence-electron chi connectivity index (χ0n) is 4.57. The molecule has 1 saturated heterocycles. The summed E-state index contributed by atoms with van der Waals surface area (Å²) in [5, 5.41) is 0. The van der Waals surface area contributed by atoms with Crippen molar-refractivity contribution in [3.63, 3.8) is 0 Å². The molecule has 1 aliphatic heterocycles. The molecule has 1 atom stereocenters. The Balaban J connectivity index is 2.30. The molecule has 1 nitrogen and oxygen atoms in total. The molecular weight excluding hydrogens is 112 g/mol. The molecule has 1 aliphatic rings. The summed E-state index contributed by atoms with van der Waals surface area (Å²) in [6.07, 6.45) is 0.314. The third kappa shape index (κ3) is 0.892. The predicted octanol–water partition coefficient (Wildman–Crippen LogP) is 1.40. The minimum absolute atomic E-state index is 0.0851. The molecule has 0 amide bonds. The molecular formula is C5H9ClO. The number of hydrogen-bond donors (Lipinski definition) is 0. The molecule has 0 spiro atoms. The minimum Gasteiger partial charge on any atom is -0.365 e. The first kappa shape index (κ1) is 5.39. The summed E-state index contributed by atoms with van der Waals surface area (Å²) in [7, 11) is 0. The van der Waals surface area contributed by atoms with E-state index in [1.54, 1.807) is 0 Å². The molecule has 0 bridgehead atoms. The van der Waals surface area contributed by atoms with Crippen LogP contribution in [0, 0.1) is 0 Å². The smallest absolute Gasteiger partial charge is 0.100 e. The van der Waals surface area contributed by atoms with Crippen molar-refractivity contribution in [2.24, 2.45) is 0 Å². The van der Waals surface area contributed by atoms with E-state index in [1.807, 2.05) is 13.8 Å². The second-order valence-corrected chi connectivity index (χ2v) is 2.67. The Hall–Kier alpha value is 0.250. The number of rotatable bonds is 1. The SMILES string of the molecule is CC1(C)O[C@@H]1CCl. The van der Waals surface area contributed by atoms with Gasteiger partial charge in [0.15, 0.2) is 0 Å². The molecule has 0 radical (unpaired) electrons. The molecule has 0 aromatic carbocycles. The molecule has 0 aliphatic carbocycles. The molecule has 7 heavy (non-hydrogen) atoms. The molecule has 0 N–H and O–H groups in total. The van der Waals surface area contributed by atoms with E-state index in [0.717, 1.165) is 0 Å². The average Bonchev–Trinajstić information content (AvgIpc) is 2.13. The second-order valence-electron chi connectivity index (χ2n) is 2.36. The fraction of sp³-hybridized carbons (Fsp3) is 1.00. The Morgan fingerprint density at radius 2 is 2.14 bits per heavy atom. The van der Waals surface area contributed by atoms with E-state index in [1.165, 1.54) is 0 Å². The first-order valence-electron chi connectivity index (χ1n) is 2.40. The van der Waals surface area contributed by atoms with E-state index in [0.29, 0.717) is 12.0 Å². The summed E-state index contributed by atoms with van der Waals surface area (Å²) < 4.78 is 5.12. The van der Waals surface area contributed by atoms with E-state index < -0.39 is 0 Å². The fourth-order valence-corrected chi connectivity index (χ4v) is 0.985. The quantitative estimate of drug-likeness (QED) is 0.377. The highest BCUT2D eigenvalue weighted by Gasteiger charge is 2.46. The Labute approximate surface area is 48.6 Å². The van der Waals surface area contributed by atoms with Crippen molar-refractivity contribution >= 4 is 11.6 Å². The maximum Gasteiger partial charge on any atom is 0.100 e. The van der Waals surface area contributed by atoms with Crippen molar-refractivity contribution in [2.45, 2.75) is 25.6 Å². The maximum absolute atomic E-state index is 5.46. The van der Waals surface area contributed by atoms with Crippen LogP contribution in [0.15, 0.2) is 0 Å². The van der Waals surface area contributed by atoms with Gasteiger partial charge >= 0.3 is 0 Å². The Bertz CT molecular complexity index is 80.1. The third-order valence-corrected chi connectivity index (χ3v) is 1.58. The molecule has 0 unspecified atom stereocenters. The largest absolute Gasteiger partial charge is 0.365 e. The van der Waals surface area contributed by atoms with Crippen LogP contribution in [0.4, 0.5) is 0 Å². The van der Waals surface area contributed by atoms with Crippen LogP contribution in [-0.4, -0.2) is 17.6 Å². The summed E-state index contributed by atoms with van der Waals surface area (Å²) in [6.45, 7) is 4.08. The highest BCUT2D eigenvalue weighted by molar-refractivity contribution is 6.18. The van der Waals surface area contributed by atoms with Crippen LogP contribution in [0.5, 0.6) is 0 Å². The summed E-state index contributed by atoms with van der Waals surface area (Å²) >= 11 is 5.46. The molecule has 1 rings (SSSR count). The second kappa shape index (κ2) is 1.36. The topological polar surface area (TPSA) is 12.5 Å². The zero-order chi connectivity index (χ0) is 5.49. The molecule has 2 heteroatoms. The van der Waals surface area contributed by atoms with Crippen molar-refractivity contribution in [3.05, 3.63) is 0 Å². The predicted molar refractivity (Wildman–Crippen MR) is 29.7 cm³/mol. The van der Waals surface area contributed by atoms with Gasteiger partial charge in [-0.1, -0.05) is 0 Å². The van der Waals surface area contributed by atoms with Crippen LogP contribution in [0.25, 0.3) is 0 Å². The van der Waals surface area contributed by atoms with E-state index in [4.69, 9.17) is 16.3 Å². The normalized spacial score (nSPS) is 35.6. The Morgan fingerprint density at radius 1 is 1.71 bits per heavy atom. The van der Waals surface area contributed by atoms with E-state index in [9.17, 15) is 0 Å². The number of halogens is 1. The van der Waals surface area contributed by atoms with Crippen molar-refractivity contribution in [3.8, 4) is 0 Å². The number of hydrogen-bond acceptors (Lipinski definition) is 1. The first-order valence-corrected chi connectivity index (χ1v) is 2.94. The van der Waals surface area contributed by atoms with Gasteiger partial charge in [-0.15, -0.1) is 11.6 Å². The molecule has 0 aromatic rings. The summed E-state index contributed by atoms with van der Waals surface area (Å²) in [4.78, 5) is 0. The average molecular weight is 121 g/mol. The monoisotopic (exact) mass is 120 g/mol. The van der Waals surface area contributed by atoms with Crippen molar-refractivity contribution in [1.82, 2.24) is 0 Å². The fourth-order valence-electron chi connectivity index (χ4n) is 0.550. The number of alkyl halides is 1. The zero-order valence-corrected chi connectivity index (χ0v) is 5.33. The highest BCUT2D eigenvalue weighted by Crippen LogP contribution is 2.35. The van der Waals surface area contributed by atoms with Crippen LogP contribution in [0.3, 0.4) is 0 Å².